The molecule has 2 aromatic rings. The molecular weight excluding hydrogens is 240 g/mol. The van der Waals surface area contributed by atoms with Crippen molar-refractivity contribution < 1.29 is 9.21 Å². The summed E-state index contributed by atoms with van der Waals surface area (Å²) in [6, 6.07) is 3.36. The van der Waals surface area contributed by atoms with E-state index < -0.39 is 5.91 Å². The predicted molar refractivity (Wildman–Crippen MR) is 63.1 cm³/mol. The molecule has 0 aliphatic rings. The lowest BCUT2D eigenvalue weighted by atomic mass is 10.4. The largest absolute Gasteiger partial charge is 0.455 e. The number of hydrogen-bond donors (Lipinski definition) is 2. The fraction of sp³-hybridized carbons (Fsp3) is 0.200. The lowest BCUT2D eigenvalue weighted by Gasteiger charge is -1.95. The number of nitrogens with zero attached hydrogens (tertiary/aromatic N) is 2. The van der Waals surface area contributed by atoms with Crippen LogP contribution in [0.25, 0.3) is 0 Å². The Morgan fingerprint density at radius 2 is 2.47 bits per heavy atom. The van der Waals surface area contributed by atoms with Gasteiger partial charge in [0.05, 0.1) is 11.9 Å². The molecule has 2 aromatic heterocycles. The number of aromatic nitrogens is 2. The van der Waals surface area contributed by atoms with E-state index in [0.717, 1.165) is 10.7 Å². The van der Waals surface area contributed by atoms with Crippen molar-refractivity contribution in [2.45, 2.75) is 10.6 Å². The van der Waals surface area contributed by atoms with Gasteiger partial charge in [0.1, 0.15) is 5.76 Å². The molecule has 0 aliphatic heterocycles. The Bertz CT molecular complexity index is 520. The van der Waals surface area contributed by atoms with Gasteiger partial charge in [-0.1, -0.05) is 0 Å². The van der Waals surface area contributed by atoms with E-state index in [-0.39, 0.29) is 5.76 Å². The van der Waals surface area contributed by atoms with Crippen molar-refractivity contribution >= 4 is 17.7 Å². The normalized spacial score (nSPS) is 10.5. The molecule has 0 aliphatic carbocycles. The molecule has 0 spiro atoms. The first-order valence-corrected chi connectivity index (χ1v) is 5.88. The Hall–Kier alpha value is -1.73. The first-order chi connectivity index (χ1) is 8.19. The molecule has 3 N–H and O–H groups in total. The van der Waals surface area contributed by atoms with Gasteiger partial charge < -0.3 is 4.42 Å². The van der Waals surface area contributed by atoms with Crippen molar-refractivity contribution in [2.75, 3.05) is 0 Å². The number of nitrogen functional groups attached to an aromatic ring is 1. The molecule has 90 valence electrons. The molecule has 2 heterocycles. The van der Waals surface area contributed by atoms with E-state index in [4.69, 9.17) is 10.3 Å². The maximum Gasteiger partial charge on any atom is 0.300 e. The number of thioether (sulfide) groups is 1. The third-order valence-corrected chi connectivity index (χ3v) is 3.05. The first-order valence-electron chi connectivity index (χ1n) is 4.90. The minimum Gasteiger partial charge on any atom is -0.455 e. The van der Waals surface area contributed by atoms with Gasteiger partial charge in [0.2, 0.25) is 0 Å². The van der Waals surface area contributed by atoms with Gasteiger partial charge in [-0.25, -0.2) is 5.84 Å². The summed E-state index contributed by atoms with van der Waals surface area (Å²) in [5.41, 5.74) is 2.02. The summed E-state index contributed by atoms with van der Waals surface area (Å²) in [6.07, 6.45) is 3.70. The van der Waals surface area contributed by atoms with E-state index in [1.54, 1.807) is 34.8 Å². The van der Waals surface area contributed by atoms with E-state index in [2.05, 4.69) is 5.10 Å². The molecule has 0 bridgehead atoms. The number of carbonyl (C=O) groups is 1. The standard InChI is InChI=1S/C10H12N4O2S/c1-14-5-8(4-12-14)17-6-7-2-3-9(16-7)10(15)13-11/h2-5H,6,11H2,1H3,(H,13,15). The molecule has 2 rings (SSSR count). The van der Waals surface area contributed by atoms with Gasteiger partial charge in [-0.05, 0) is 12.1 Å². The summed E-state index contributed by atoms with van der Waals surface area (Å²) in [4.78, 5) is 12.2. The fourth-order valence-electron chi connectivity index (χ4n) is 1.28. The van der Waals surface area contributed by atoms with Gasteiger partial charge in [-0.2, -0.15) is 5.10 Å². The van der Waals surface area contributed by atoms with E-state index in [9.17, 15) is 4.79 Å². The zero-order chi connectivity index (χ0) is 12.3. The number of rotatable bonds is 4. The number of hydrazine groups is 1. The van der Waals surface area contributed by atoms with Crippen molar-refractivity contribution in [2.24, 2.45) is 12.9 Å². The molecule has 0 aromatic carbocycles. The van der Waals surface area contributed by atoms with Gasteiger partial charge in [0.15, 0.2) is 5.76 Å². The molecule has 0 unspecified atom stereocenters. The summed E-state index contributed by atoms with van der Waals surface area (Å²) < 4.78 is 7.06. The van der Waals surface area contributed by atoms with E-state index >= 15 is 0 Å². The van der Waals surface area contributed by atoms with Crippen LogP contribution >= 0.6 is 11.8 Å². The SMILES string of the molecule is Cn1cc(SCc2ccc(C(=O)NN)o2)cn1. The summed E-state index contributed by atoms with van der Waals surface area (Å²) >= 11 is 1.59. The molecule has 6 nitrogen and oxygen atoms in total. The Morgan fingerprint density at radius 1 is 1.65 bits per heavy atom. The molecule has 7 heteroatoms. The van der Waals surface area contributed by atoms with Crippen molar-refractivity contribution in [1.82, 2.24) is 15.2 Å². The first kappa shape index (κ1) is 11.7. The molecule has 0 fully saturated rings. The molecule has 0 atom stereocenters. The number of hydrogen-bond acceptors (Lipinski definition) is 5. The average Bonchev–Trinajstić information content (AvgIpc) is 2.94. The topological polar surface area (TPSA) is 86.1 Å². The van der Waals surface area contributed by atoms with Crippen LogP contribution in [0.2, 0.25) is 0 Å². The van der Waals surface area contributed by atoms with Gasteiger partial charge in [0, 0.05) is 18.1 Å². The monoisotopic (exact) mass is 252 g/mol. The minimum atomic E-state index is -0.428. The van der Waals surface area contributed by atoms with Gasteiger partial charge in [-0.3, -0.25) is 14.9 Å². The fourth-order valence-corrected chi connectivity index (χ4v) is 2.09. The smallest absolute Gasteiger partial charge is 0.300 e. The Morgan fingerprint density at radius 3 is 3.12 bits per heavy atom. The number of nitrogens with two attached hydrogens (primary N) is 1. The van der Waals surface area contributed by atoms with Crippen LogP contribution in [-0.2, 0) is 12.8 Å². The molecule has 17 heavy (non-hydrogen) atoms. The summed E-state index contributed by atoms with van der Waals surface area (Å²) in [5, 5.41) is 4.06. The van der Waals surface area contributed by atoms with Crippen molar-refractivity contribution in [3.05, 3.63) is 36.0 Å². The quantitative estimate of drug-likeness (QED) is 0.365. The summed E-state index contributed by atoms with van der Waals surface area (Å²) in [5.74, 6) is 6.16. The van der Waals surface area contributed by atoms with Crippen LogP contribution in [-0.4, -0.2) is 15.7 Å². The summed E-state index contributed by atoms with van der Waals surface area (Å²) in [6.45, 7) is 0. The average molecular weight is 252 g/mol. The highest BCUT2D eigenvalue weighted by molar-refractivity contribution is 7.98. The van der Waals surface area contributed by atoms with Crippen molar-refractivity contribution in [1.29, 1.82) is 0 Å². The number of nitrogens with one attached hydrogen (secondary N) is 1. The van der Waals surface area contributed by atoms with Crippen molar-refractivity contribution in [3.8, 4) is 0 Å². The lowest BCUT2D eigenvalue weighted by Crippen LogP contribution is -2.29. The highest BCUT2D eigenvalue weighted by Gasteiger charge is 2.09. The molecule has 1 amide bonds. The van der Waals surface area contributed by atoms with Crippen LogP contribution in [0, 0.1) is 0 Å². The van der Waals surface area contributed by atoms with Crippen LogP contribution in [0.4, 0.5) is 0 Å². The van der Waals surface area contributed by atoms with Gasteiger partial charge in [0.25, 0.3) is 0 Å². The Labute approximate surface area is 102 Å². The molecule has 0 saturated carbocycles. The minimum absolute atomic E-state index is 0.217. The highest BCUT2D eigenvalue weighted by Crippen LogP contribution is 2.22. The number of furan rings is 1. The lowest BCUT2D eigenvalue weighted by molar-refractivity contribution is 0.0924. The van der Waals surface area contributed by atoms with Crippen LogP contribution in [0.3, 0.4) is 0 Å². The van der Waals surface area contributed by atoms with Crippen LogP contribution in [0.15, 0.2) is 33.8 Å². The third kappa shape index (κ3) is 2.89. The maximum atomic E-state index is 11.2. The van der Waals surface area contributed by atoms with E-state index in [0.29, 0.717) is 5.75 Å². The Balaban J connectivity index is 1.95. The number of carbonyl (C=O) groups excluding carboxylic acids is 1. The van der Waals surface area contributed by atoms with Gasteiger partial charge in [-0.15, -0.1) is 11.8 Å². The van der Waals surface area contributed by atoms with Gasteiger partial charge >= 0.3 is 5.91 Å². The van der Waals surface area contributed by atoms with E-state index in [1.807, 2.05) is 18.7 Å². The third-order valence-electron chi connectivity index (χ3n) is 2.08. The zero-order valence-corrected chi connectivity index (χ0v) is 10.0. The maximum absolute atomic E-state index is 11.2. The van der Waals surface area contributed by atoms with Crippen LogP contribution in [0.1, 0.15) is 16.3 Å². The number of amides is 1. The predicted octanol–water partition coefficient (Wildman–Crippen LogP) is 0.909. The van der Waals surface area contributed by atoms with Crippen LogP contribution in [0.5, 0.6) is 0 Å². The number of aryl methyl sites for hydroxylation is 1. The molecular formula is C10H12N4O2S. The Kier molecular flexibility index (Phi) is 3.50. The summed E-state index contributed by atoms with van der Waals surface area (Å²) in [7, 11) is 1.86. The second kappa shape index (κ2) is 5.07. The molecule has 0 saturated heterocycles. The second-order valence-corrected chi connectivity index (χ2v) is 4.43. The van der Waals surface area contributed by atoms with Crippen molar-refractivity contribution in [3.63, 3.8) is 0 Å². The zero-order valence-electron chi connectivity index (χ0n) is 9.21. The highest BCUT2D eigenvalue weighted by atomic mass is 32.2. The second-order valence-electron chi connectivity index (χ2n) is 3.38. The van der Waals surface area contributed by atoms with E-state index in [1.165, 1.54) is 0 Å². The molecule has 0 radical (unpaired) electrons. The van der Waals surface area contributed by atoms with Crippen LogP contribution < -0.4 is 11.3 Å².